The number of aliphatic carboxylic acids is 1. The summed E-state index contributed by atoms with van der Waals surface area (Å²) in [5, 5.41) is 18.2. The van der Waals surface area contributed by atoms with E-state index in [1.807, 2.05) is 30.4 Å². The number of rotatable bonds is 14. The van der Waals surface area contributed by atoms with Crippen LogP contribution in [0.2, 0.25) is 0 Å². The lowest BCUT2D eigenvalue weighted by Crippen LogP contribution is -1.91. The van der Waals surface area contributed by atoms with Gasteiger partial charge in [-0.1, -0.05) is 67.7 Å². The normalized spacial score (nSPS) is 13.4. The Morgan fingerprint density at radius 2 is 1.24 bits per heavy atom. The van der Waals surface area contributed by atoms with E-state index in [1.165, 1.54) is 0 Å². The Balaban J connectivity index is 3.73. The van der Waals surface area contributed by atoms with Gasteiger partial charge in [-0.25, -0.2) is 0 Å². The van der Waals surface area contributed by atoms with E-state index in [0.29, 0.717) is 25.0 Å². The van der Waals surface area contributed by atoms with Crippen molar-refractivity contribution in [1.82, 2.24) is 0 Å². The lowest BCUT2D eigenvalue weighted by atomic mass is 10.2. The molecule has 25 heavy (non-hydrogen) atoms. The van der Waals surface area contributed by atoms with Gasteiger partial charge in [0.1, 0.15) is 0 Å². The van der Waals surface area contributed by atoms with Crippen molar-refractivity contribution in [3.8, 4) is 0 Å². The Labute approximate surface area is 152 Å². The Morgan fingerprint density at radius 3 is 1.84 bits per heavy atom. The Hall–Kier alpha value is -2.29. The van der Waals surface area contributed by atoms with E-state index in [2.05, 4.69) is 37.3 Å². The van der Waals surface area contributed by atoms with Crippen LogP contribution in [0.4, 0.5) is 0 Å². The molecule has 0 unspecified atom stereocenters. The number of carboxylic acid groups (broad SMARTS) is 1. The largest absolute Gasteiger partial charge is 0.512 e. The van der Waals surface area contributed by atoms with Gasteiger partial charge in [0.25, 0.3) is 0 Å². The van der Waals surface area contributed by atoms with E-state index in [9.17, 15) is 9.90 Å². The summed E-state index contributed by atoms with van der Waals surface area (Å²) in [6.07, 6.45) is 28.0. The molecule has 3 heteroatoms. The highest BCUT2D eigenvalue weighted by Gasteiger charge is 1.90. The van der Waals surface area contributed by atoms with E-state index in [4.69, 9.17) is 5.11 Å². The van der Waals surface area contributed by atoms with Crippen LogP contribution in [0.25, 0.3) is 0 Å². The monoisotopic (exact) mass is 344 g/mol. The van der Waals surface area contributed by atoms with E-state index < -0.39 is 5.97 Å². The quantitative estimate of drug-likeness (QED) is 0.282. The second-order valence-corrected chi connectivity index (χ2v) is 5.54. The topological polar surface area (TPSA) is 57.5 Å². The minimum Gasteiger partial charge on any atom is -0.512 e. The van der Waals surface area contributed by atoms with Crippen molar-refractivity contribution in [2.24, 2.45) is 0 Å². The van der Waals surface area contributed by atoms with Crippen molar-refractivity contribution in [2.75, 3.05) is 0 Å². The maximum Gasteiger partial charge on any atom is 0.303 e. The first-order valence-corrected chi connectivity index (χ1v) is 9.01. The van der Waals surface area contributed by atoms with Crippen LogP contribution < -0.4 is 0 Å². The molecule has 0 fully saturated rings. The third kappa shape index (κ3) is 19.7. The molecule has 0 aromatic carbocycles. The minimum absolute atomic E-state index is 0.177. The molecule has 0 saturated heterocycles. The van der Waals surface area contributed by atoms with Crippen LogP contribution in [0.15, 0.2) is 72.6 Å². The molecule has 138 valence electrons. The number of carbonyl (C=O) groups is 1. The summed E-state index contributed by atoms with van der Waals surface area (Å²) in [6.45, 7) is 2.13. The van der Waals surface area contributed by atoms with Crippen LogP contribution >= 0.6 is 0 Å². The van der Waals surface area contributed by atoms with Crippen molar-refractivity contribution in [3.05, 3.63) is 72.6 Å². The third-order valence-electron chi connectivity index (χ3n) is 3.23. The summed E-state index contributed by atoms with van der Waals surface area (Å²) >= 11 is 0. The van der Waals surface area contributed by atoms with Gasteiger partial charge in [0.05, 0.1) is 5.76 Å². The molecule has 0 aromatic rings. The van der Waals surface area contributed by atoms with Gasteiger partial charge in [0.2, 0.25) is 0 Å². The maximum absolute atomic E-state index is 10.3. The molecule has 0 spiro atoms. The Kier molecular flexibility index (Phi) is 16.4. The second-order valence-electron chi connectivity index (χ2n) is 5.54. The van der Waals surface area contributed by atoms with Crippen molar-refractivity contribution < 1.29 is 15.0 Å². The van der Waals surface area contributed by atoms with E-state index in [0.717, 1.165) is 25.7 Å². The van der Waals surface area contributed by atoms with E-state index in [1.54, 1.807) is 6.08 Å². The number of carboxylic acids is 1. The zero-order chi connectivity index (χ0) is 18.6. The SMILES string of the molecule is CC/C=C\C/C=C\C/C=C\C/C(O)=C/C/C=C\C/C=C\CCC(=O)O. The minimum atomic E-state index is -0.769. The molecule has 0 bridgehead atoms. The zero-order valence-electron chi connectivity index (χ0n) is 15.3. The highest BCUT2D eigenvalue weighted by Crippen LogP contribution is 2.02. The summed E-state index contributed by atoms with van der Waals surface area (Å²) in [7, 11) is 0. The summed E-state index contributed by atoms with van der Waals surface area (Å²) in [6, 6.07) is 0. The zero-order valence-corrected chi connectivity index (χ0v) is 15.3. The number of allylic oxidation sites excluding steroid dienone is 11. The van der Waals surface area contributed by atoms with Gasteiger partial charge in [0, 0.05) is 12.8 Å². The summed E-state index contributed by atoms with van der Waals surface area (Å²) < 4.78 is 0. The van der Waals surface area contributed by atoms with Crippen molar-refractivity contribution >= 4 is 5.97 Å². The fourth-order valence-electron chi connectivity index (χ4n) is 1.89. The molecule has 0 radical (unpaired) electrons. The van der Waals surface area contributed by atoms with Crippen LogP contribution in [0.3, 0.4) is 0 Å². The molecule has 0 aliphatic carbocycles. The molecule has 2 N–H and O–H groups in total. The molecular weight excluding hydrogens is 312 g/mol. The molecular formula is C22H32O3. The van der Waals surface area contributed by atoms with Crippen LogP contribution in [-0.2, 0) is 4.79 Å². The fourth-order valence-corrected chi connectivity index (χ4v) is 1.89. The van der Waals surface area contributed by atoms with Gasteiger partial charge in [-0.15, -0.1) is 0 Å². The maximum atomic E-state index is 10.3. The smallest absolute Gasteiger partial charge is 0.303 e. The number of aliphatic hydroxyl groups excluding tert-OH is 1. The summed E-state index contributed by atoms with van der Waals surface area (Å²) in [5.74, 6) is -0.386. The van der Waals surface area contributed by atoms with Gasteiger partial charge in [-0.05, 0) is 44.6 Å². The van der Waals surface area contributed by atoms with Crippen LogP contribution in [-0.4, -0.2) is 16.2 Å². The fraction of sp³-hybridized carbons (Fsp3) is 0.409. The van der Waals surface area contributed by atoms with Crippen LogP contribution in [0.5, 0.6) is 0 Å². The summed E-state index contributed by atoms with van der Waals surface area (Å²) in [5.41, 5.74) is 0. The predicted molar refractivity (Wildman–Crippen MR) is 107 cm³/mol. The lowest BCUT2D eigenvalue weighted by molar-refractivity contribution is -0.136. The predicted octanol–water partition coefficient (Wildman–Crippen LogP) is 6.43. The van der Waals surface area contributed by atoms with E-state index >= 15 is 0 Å². The first-order chi connectivity index (χ1) is 12.2. The molecule has 0 saturated carbocycles. The van der Waals surface area contributed by atoms with Crippen LogP contribution in [0.1, 0.15) is 58.3 Å². The molecule has 0 aliphatic rings. The third-order valence-corrected chi connectivity index (χ3v) is 3.23. The molecule has 0 heterocycles. The second kappa shape index (κ2) is 18.1. The first-order valence-electron chi connectivity index (χ1n) is 9.01. The van der Waals surface area contributed by atoms with Crippen LogP contribution in [0, 0.1) is 0 Å². The van der Waals surface area contributed by atoms with Gasteiger partial charge in [-0.2, -0.15) is 0 Å². The first kappa shape index (κ1) is 22.7. The number of aliphatic hydroxyl groups is 1. The lowest BCUT2D eigenvalue weighted by Gasteiger charge is -1.93. The van der Waals surface area contributed by atoms with Crippen molar-refractivity contribution in [1.29, 1.82) is 0 Å². The highest BCUT2D eigenvalue weighted by molar-refractivity contribution is 5.66. The number of hydrogen-bond acceptors (Lipinski definition) is 2. The average molecular weight is 344 g/mol. The molecule has 0 aromatic heterocycles. The molecule has 0 aliphatic heterocycles. The molecule has 0 rings (SSSR count). The van der Waals surface area contributed by atoms with Gasteiger partial charge in [-0.3, -0.25) is 4.79 Å². The Morgan fingerprint density at radius 1 is 0.720 bits per heavy atom. The molecule has 0 amide bonds. The number of hydrogen-bond donors (Lipinski definition) is 2. The van der Waals surface area contributed by atoms with Gasteiger partial charge in [0.15, 0.2) is 0 Å². The standard InChI is InChI=1S/C22H32O3/c1-2-3-4-5-6-7-9-12-15-18-21(23)19-16-13-10-8-11-14-17-20-22(24)25/h3-4,6-7,10-15,19,23H,2,5,8-9,16-18,20H2,1H3,(H,24,25)/b4-3-,7-6-,13-10-,14-11-,15-12-,21-19-. The van der Waals surface area contributed by atoms with Crippen molar-refractivity contribution in [3.63, 3.8) is 0 Å². The average Bonchev–Trinajstić information content (AvgIpc) is 2.58. The van der Waals surface area contributed by atoms with E-state index in [-0.39, 0.29) is 6.42 Å². The van der Waals surface area contributed by atoms with Gasteiger partial charge < -0.3 is 10.2 Å². The van der Waals surface area contributed by atoms with Gasteiger partial charge >= 0.3 is 5.97 Å². The molecule has 3 nitrogen and oxygen atoms in total. The highest BCUT2D eigenvalue weighted by atomic mass is 16.4. The summed E-state index contributed by atoms with van der Waals surface area (Å²) in [4.78, 5) is 10.3. The Bertz CT molecular complexity index is 505. The van der Waals surface area contributed by atoms with Crippen molar-refractivity contribution in [2.45, 2.75) is 58.3 Å². The molecule has 0 atom stereocenters.